The van der Waals surface area contributed by atoms with Crippen molar-refractivity contribution in [1.29, 1.82) is 0 Å². The van der Waals surface area contributed by atoms with Crippen molar-refractivity contribution in [2.75, 3.05) is 14.1 Å². The summed E-state index contributed by atoms with van der Waals surface area (Å²) in [5.74, 6) is 0.461. The molecule has 2 nitrogen and oxygen atoms in total. The normalized spacial score (nSPS) is 12.4. The monoisotopic (exact) mass is 303 g/mol. The molecule has 0 aliphatic heterocycles. The fourth-order valence-corrected chi connectivity index (χ4v) is 2.29. The molecular weight excluding hydrogens is 273 g/mol. The van der Waals surface area contributed by atoms with E-state index in [4.69, 9.17) is 0 Å². The standard InChI is InChI=1S/C17H29NO.K.H/c1-16(2,3)13-9-12(11-18(7)8)10-14(15(13)19)17(4,5)6;;/h9-10,19H,11H2,1-8H3;;. The van der Waals surface area contributed by atoms with Crippen LogP contribution in [0.2, 0.25) is 0 Å². The molecule has 20 heavy (non-hydrogen) atoms. The first-order valence-electron chi connectivity index (χ1n) is 6.94. The number of phenolic OH excluding ortho intramolecular Hbond substituents is 1. The van der Waals surface area contributed by atoms with Crippen LogP contribution >= 0.6 is 0 Å². The van der Waals surface area contributed by atoms with Crippen molar-refractivity contribution in [3.05, 3.63) is 28.8 Å². The number of phenols is 1. The van der Waals surface area contributed by atoms with Crippen LogP contribution in [0.4, 0.5) is 0 Å². The Bertz CT molecular complexity index is 418. The molecule has 1 N–H and O–H groups in total. The molecule has 0 saturated heterocycles. The zero-order valence-electron chi connectivity index (χ0n) is 13.8. The molecule has 0 unspecified atom stereocenters. The Morgan fingerprint density at radius 1 is 0.900 bits per heavy atom. The Labute approximate surface area is 167 Å². The average molecular weight is 304 g/mol. The topological polar surface area (TPSA) is 23.5 Å². The van der Waals surface area contributed by atoms with Crippen LogP contribution in [0.5, 0.6) is 5.75 Å². The fraction of sp³-hybridized carbons (Fsp3) is 0.647. The maximum absolute atomic E-state index is 10.6. The van der Waals surface area contributed by atoms with Crippen molar-refractivity contribution >= 4 is 51.4 Å². The van der Waals surface area contributed by atoms with Crippen molar-refractivity contribution in [2.24, 2.45) is 0 Å². The Balaban J connectivity index is 0.00000361. The second kappa shape index (κ2) is 7.25. The molecule has 0 spiro atoms. The van der Waals surface area contributed by atoms with E-state index in [-0.39, 0.29) is 62.2 Å². The van der Waals surface area contributed by atoms with Gasteiger partial charge in [-0.3, -0.25) is 0 Å². The van der Waals surface area contributed by atoms with Crippen LogP contribution in [-0.4, -0.2) is 75.5 Å². The van der Waals surface area contributed by atoms with E-state index in [0.717, 1.165) is 17.7 Å². The van der Waals surface area contributed by atoms with Gasteiger partial charge in [-0.15, -0.1) is 0 Å². The molecule has 0 aromatic heterocycles. The van der Waals surface area contributed by atoms with Gasteiger partial charge in [-0.05, 0) is 41.6 Å². The molecule has 0 aliphatic rings. The van der Waals surface area contributed by atoms with E-state index in [9.17, 15) is 5.11 Å². The molecule has 1 aromatic rings. The van der Waals surface area contributed by atoms with E-state index in [0.29, 0.717) is 5.75 Å². The van der Waals surface area contributed by atoms with Crippen LogP contribution in [0.15, 0.2) is 12.1 Å². The van der Waals surface area contributed by atoms with E-state index < -0.39 is 0 Å². The number of nitrogens with zero attached hydrogens (tertiary/aromatic N) is 1. The molecular formula is C17H30KNO. The van der Waals surface area contributed by atoms with Crippen molar-refractivity contribution in [3.63, 3.8) is 0 Å². The third-order valence-electron chi connectivity index (χ3n) is 3.28. The summed E-state index contributed by atoms with van der Waals surface area (Å²) in [5.41, 5.74) is 3.24. The molecule has 3 heteroatoms. The van der Waals surface area contributed by atoms with Gasteiger partial charge in [-0.25, -0.2) is 0 Å². The number of aromatic hydroxyl groups is 1. The van der Waals surface area contributed by atoms with Gasteiger partial charge in [0.25, 0.3) is 0 Å². The Morgan fingerprint density at radius 3 is 1.50 bits per heavy atom. The van der Waals surface area contributed by atoms with Crippen molar-refractivity contribution in [2.45, 2.75) is 58.9 Å². The minimum absolute atomic E-state index is 0. The Hall–Kier alpha value is 0.616. The van der Waals surface area contributed by atoms with Gasteiger partial charge in [0.05, 0.1) is 0 Å². The van der Waals surface area contributed by atoms with Gasteiger partial charge in [0.2, 0.25) is 0 Å². The average Bonchev–Trinajstić information content (AvgIpc) is 2.16. The predicted molar refractivity (Wildman–Crippen MR) is 90.0 cm³/mol. The number of hydrogen-bond donors (Lipinski definition) is 1. The molecule has 0 atom stereocenters. The number of benzene rings is 1. The first-order valence-corrected chi connectivity index (χ1v) is 6.94. The van der Waals surface area contributed by atoms with E-state index >= 15 is 0 Å². The first kappa shape index (κ1) is 20.6. The zero-order chi connectivity index (χ0) is 15.0. The molecule has 0 bridgehead atoms. The van der Waals surface area contributed by atoms with Crippen LogP contribution in [0.1, 0.15) is 58.2 Å². The summed E-state index contributed by atoms with van der Waals surface area (Å²) < 4.78 is 0. The second-order valence-corrected chi connectivity index (χ2v) is 7.78. The third kappa shape index (κ3) is 5.43. The molecule has 0 aliphatic carbocycles. The van der Waals surface area contributed by atoms with Gasteiger partial charge in [-0.2, -0.15) is 0 Å². The van der Waals surface area contributed by atoms with Crippen LogP contribution < -0.4 is 0 Å². The molecule has 110 valence electrons. The summed E-state index contributed by atoms with van der Waals surface area (Å²) in [6.45, 7) is 13.8. The minimum atomic E-state index is -0.0492. The van der Waals surface area contributed by atoms with Gasteiger partial charge >= 0.3 is 51.4 Å². The maximum atomic E-state index is 10.6. The van der Waals surface area contributed by atoms with Crippen molar-refractivity contribution < 1.29 is 5.11 Å². The molecule has 0 heterocycles. The number of hydrogen-bond acceptors (Lipinski definition) is 2. The van der Waals surface area contributed by atoms with E-state index in [2.05, 4.69) is 72.7 Å². The SMILES string of the molecule is CN(C)Cc1cc(C(C)(C)C)c(O)c(C(C)(C)C)c1.[KH]. The summed E-state index contributed by atoms with van der Waals surface area (Å²) in [6, 6.07) is 4.29. The molecule has 0 fully saturated rings. The summed E-state index contributed by atoms with van der Waals surface area (Å²) in [6.07, 6.45) is 0. The van der Waals surface area contributed by atoms with Crippen molar-refractivity contribution in [3.8, 4) is 5.75 Å². The van der Waals surface area contributed by atoms with Gasteiger partial charge in [0.1, 0.15) is 5.75 Å². The van der Waals surface area contributed by atoms with E-state index in [1.165, 1.54) is 5.56 Å². The van der Waals surface area contributed by atoms with Gasteiger partial charge in [0, 0.05) is 6.54 Å². The summed E-state index contributed by atoms with van der Waals surface area (Å²) in [7, 11) is 4.14. The number of rotatable bonds is 2. The van der Waals surface area contributed by atoms with E-state index in [1.807, 2.05) is 0 Å². The van der Waals surface area contributed by atoms with Crippen molar-refractivity contribution in [1.82, 2.24) is 4.90 Å². The van der Waals surface area contributed by atoms with Crippen LogP contribution in [0.3, 0.4) is 0 Å². The molecule has 0 radical (unpaired) electrons. The molecule has 0 amide bonds. The molecule has 1 aromatic carbocycles. The van der Waals surface area contributed by atoms with Crippen LogP contribution in [0.25, 0.3) is 0 Å². The van der Waals surface area contributed by atoms with Gasteiger partial charge in [-0.1, -0.05) is 53.7 Å². The van der Waals surface area contributed by atoms with Crippen LogP contribution in [-0.2, 0) is 17.4 Å². The summed E-state index contributed by atoms with van der Waals surface area (Å²) >= 11 is 0. The first-order chi connectivity index (χ1) is 8.43. The summed E-state index contributed by atoms with van der Waals surface area (Å²) in [5, 5.41) is 10.6. The quantitative estimate of drug-likeness (QED) is 0.847. The van der Waals surface area contributed by atoms with Crippen LogP contribution in [0, 0.1) is 0 Å². The molecule has 0 saturated carbocycles. The van der Waals surface area contributed by atoms with Gasteiger partial charge in [0.15, 0.2) is 0 Å². The Morgan fingerprint density at radius 2 is 1.25 bits per heavy atom. The third-order valence-corrected chi connectivity index (χ3v) is 3.28. The Kier molecular flexibility index (Phi) is 7.48. The van der Waals surface area contributed by atoms with E-state index in [1.54, 1.807) is 0 Å². The second-order valence-electron chi connectivity index (χ2n) is 7.78. The fourth-order valence-electron chi connectivity index (χ4n) is 2.29. The summed E-state index contributed by atoms with van der Waals surface area (Å²) in [4.78, 5) is 2.16. The molecule has 1 rings (SSSR count). The zero-order valence-corrected chi connectivity index (χ0v) is 13.8. The predicted octanol–water partition coefficient (Wildman–Crippen LogP) is 3.40. The van der Waals surface area contributed by atoms with Gasteiger partial charge < -0.3 is 10.0 Å².